The molecule has 21 heteroatoms. The first kappa shape index (κ1) is 65.4. The van der Waals surface area contributed by atoms with Crippen molar-refractivity contribution in [3.05, 3.63) is 52.5 Å². The molecule has 77 heavy (non-hydrogen) atoms. The monoisotopic (exact) mass is 1100 g/mol. The lowest BCUT2D eigenvalue weighted by Crippen LogP contribution is -2.63. The van der Waals surface area contributed by atoms with Crippen molar-refractivity contribution in [1.82, 2.24) is 30.7 Å². The van der Waals surface area contributed by atoms with Gasteiger partial charge in [0, 0.05) is 52.4 Å². The molecule has 5 amide bonds. The van der Waals surface area contributed by atoms with Crippen molar-refractivity contribution in [3.63, 3.8) is 0 Å². The molecule has 5 N–H and O–H groups in total. The number of rotatable bonds is 40. The molecular formula is C56H93N7O13S. The topological polar surface area (TPSA) is 241 Å². The Morgan fingerprint density at radius 1 is 0.805 bits per heavy atom. The normalized spacial score (nSPS) is 18.1. The second kappa shape index (κ2) is 36.2. The fourth-order valence-corrected chi connectivity index (χ4v) is 10.9. The molecular weight excluding hydrogens is 1010 g/mol. The average Bonchev–Trinajstić information content (AvgIpc) is 4.26. The maximum Gasteiger partial charge on any atom is 0.246 e. The molecule has 436 valence electrons. The van der Waals surface area contributed by atoms with E-state index >= 15 is 0 Å². The number of likely N-dealkylation sites (tertiary alicyclic amines) is 1. The molecule has 1 saturated heterocycles. The van der Waals surface area contributed by atoms with E-state index in [1.165, 1.54) is 11.3 Å². The average molecular weight is 1100 g/mol. The Kier molecular flexibility index (Phi) is 30.7. The van der Waals surface area contributed by atoms with Gasteiger partial charge in [-0.05, 0) is 49.5 Å². The van der Waals surface area contributed by atoms with Gasteiger partial charge in [-0.15, -0.1) is 11.3 Å². The van der Waals surface area contributed by atoms with Crippen LogP contribution >= 0.6 is 11.3 Å². The van der Waals surface area contributed by atoms with Gasteiger partial charge in [-0.25, -0.2) is 4.98 Å². The molecule has 2 aromatic rings. The Balaban J connectivity index is 1.27. The number of aromatic nitrogens is 1. The lowest BCUT2D eigenvalue weighted by Gasteiger charge is -2.41. The molecule has 2 fully saturated rings. The molecule has 1 aliphatic heterocycles. The van der Waals surface area contributed by atoms with E-state index in [9.17, 15) is 24.0 Å². The molecule has 8 atom stereocenters. The third-order valence-corrected chi connectivity index (χ3v) is 15.6. The maximum atomic E-state index is 14.7. The van der Waals surface area contributed by atoms with E-state index in [-0.39, 0.29) is 67.0 Å². The van der Waals surface area contributed by atoms with E-state index in [2.05, 4.69) is 20.9 Å². The Hall–Kier alpha value is -4.16. The summed E-state index contributed by atoms with van der Waals surface area (Å²) in [5.74, 6) is -2.36. The van der Waals surface area contributed by atoms with Gasteiger partial charge in [-0.3, -0.25) is 24.0 Å². The van der Waals surface area contributed by atoms with Crippen LogP contribution in [0.3, 0.4) is 0 Å². The third kappa shape index (κ3) is 21.4. The molecule has 0 spiro atoms. The zero-order chi connectivity index (χ0) is 56.0. The summed E-state index contributed by atoms with van der Waals surface area (Å²) in [7, 11) is 4.85. The second-order valence-corrected chi connectivity index (χ2v) is 21.4. The van der Waals surface area contributed by atoms with Gasteiger partial charge in [0.15, 0.2) is 0 Å². The standard InChI is InChI=1S/C56H93N7O13S/c1-9-41(4)50(46(69-7)39-48(65)63-24-15-18-45(63)51(70-8)42(5)52(66)59-44(53-58-23-37-77-53)38-43-16-11-10-12-17-43)62(6)54(67)49(40(2)3)60-55(68)56(20-13-14-21-56)61-47(64)19-25-71-27-29-73-31-33-75-35-36-76-34-32-74-30-28-72-26-22-57/h10-12,16-17,23,37,40-42,44-46,49-51H,9,13-15,18-22,24-36,38-39,57H2,1-8H3,(H,59,66)(H,60,68)(H,61,64)/t41?,42?,44?,45-,46?,49?,50?,51?/m0/s1. The van der Waals surface area contributed by atoms with Crippen LogP contribution in [0.4, 0.5) is 0 Å². The minimum absolute atomic E-state index is 0.0122. The van der Waals surface area contributed by atoms with Gasteiger partial charge in [0.2, 0.25) is 29.5 Å². The summed E-state index contributed by atoms with van der Waals surface area (Å²) in [4.78, 5) is 78.9. The van der Waals surface area contributed by atoms with Crippen LogP contribution in [0, 0.1) is 17.8 Å². The highest BCUT2D eigenvalue weighted by molar-refractivity contribution is 7.09. The Labute approximate surface area is 462 Å². The number of thiazole rings is 1. The first-order valence-electron chi connectivity index (χ1n) is 27.9. The highest BCUT2D eigenvalue weighted by Crippen LogP contribution is 2.33. The number of amides is 5. The first-order chi connectivity index (χ1) is 37.2. The Morgan fingerprint density at radius 2 is 1.39 bits per heavy atom. The largest absolute Gasteiger partial charge is 0.379 e. The molecule has 1 saturated carbocycles. The predicted molar refractivity (Wildman–Crippen MR) is 294 cm³/mol. The first-order valence-corrected chi connectivity index (χ1v) is 28.7. The molecule has 0 radical (unpaired) electrons. The number of hydrogen-bond donors (Lipinski definition) is 4. The number of benzene rings is 1. The molecule has 4 rings (SSSR count). The van der Waals surface area contributed by atoms with Crippen LogP contribution < -0.4 is 21.7 Å². The molecule has 1 aliphatic carbocycles. The summed E-state index contributed by atoms with van der Waals surface area (Å²) in [5.41, 5.74) is 5.28. The van der Waals surface area contributed by atoms with Gasteiger partial charge in [0.05, 0.1) is 122 Å². The van der Waals surface area contributed by atoms with E-state index in [4.69, 9.17) is 43.6 Å². The highest BCUT2D eigenvalue weighted by Gasteiger charge is 2.46. The molecule has 1 aromatic carbocycles. The van der Waals surface area contributed by atoms with Crippen molar-refractivity contribution >= 4 is 40.9 Å². The number of nitrogens with zero attached hydrogens (tertiary/aromatic N) is 3. The van der Waals surface area contributed by atoms with E-state index in [0.717, 1.165) is 29.8 Å². The molecule has 7 unspecified atom stereocenters. The maximum absolute atomic E-state index is 14.7. The number of carbonyl (C=O) groups is 5. The Bertz CT molecular complexity index is 1980. The van der Waals surface area contributed by atoms with Crippen LogP contribution in [-0.4, -0.2) is 194 Å². The second-order valence-electron chi connectivity index (χ2n) is 20.5. The van der Waals surface area contributed by atoms with Crippen LogP contribution in [0.5, 0.6) is 0 Å². The van der Waals surface area contributed by atoms with Gasteiger partial charge < -0.3 is 69.4 Å². The molecule has 2 heterocycles. The number of nitrogens with two attached hydrogens (primary N) is 1. The molecule has 2 aliphatic rings. The third-order valence-electron chi connectivity index (χ3n) is 14.7. The lowest BCUT2D eigenvalue weighted by molar-refractivity contribution is -0.148. The van der Waals surface area contributed by atoms with E-state index in [1.54, 1.807) is 32.4 Å². The van der Waals surface area contributed by atoms with Crippen molar-refractivity contribution in [2.24, 2.45) is 23.5 Å². The minimum atomic E-state index is -1.17. The van der Waals surface area contributed by atoms with Crippen molar-refractivity contribution in [3.8, 4) is 0 Å². The summed E-state index contributed by atoms with van der Waals surface area (Å²) in [6, 6.07) is 7.82. The predicted octanol–water partition coefficient (Wildman–Crippen LogP) is 4.48. The van der Waals surface area contributed by atoms with Gasteiger partial charge >= 0.3 is 0 Å². The lowest BCUT2D eigenvalue weighted by atomic mass is 9.89. The summed E-state index contributed by atoms with van der Waals surface area (Å²) in [6.07, 6.45) is 5.55. The fraction of sp³-hybridized carbons (Fsp3) is 0.750. The summed E-state index contributed by atoms with van der Waals surface area (Å²) < 4.78 is 45.1. The number of carbonyl (C=O) groups excluding carboxylic acids is 5. The molecule has 1 aromatic heterocycles. The SMILES string of the molecule is CCC(C)C(C(CC(=O)N1CCC[C@H]1C(OC)C(C)C(=O)NC(Cc1ccccc1)c1nccs1)OC)N(C)C(=O)C(NC(=O)C1(NC(=O)CCOCCOCCOCCOCCOCCOCCN)CCCC1)C(C)C. The molecule has 0 bridgehead atoms. The van der Waals surface area contributed by atoms with Crippen LogP contribution in [-0.2, 0) is 68.3 Å². The summed E-state index contributed by atoms with van der Waals surface area (Å²) in [6.45, 7) is 15.6. The fourth-order valence-electron chi connectivity index (χ4n) is 10.2. The summed E-state index contributed by atoms with van der Waals surface area (Å²) >= 11 is 1.49. The van der Waals surface area contributed by atoms with E-state index in [0.29, 0.717) is 118 Å². The van der Waals surface area contributed by atoms with E-state index < -0.39 is 41.7 Å². The van der Waals surface area contributed by atoms with Crippen molar-refractivity contribution in [2.45, 2.75) is 141 Å². The van der Waals surface area contributed by atoms with Crippen molar-refractivity contribution in [1.29, 1.82) is 0 Å². The minimum Gasteiger partial charge on any atom is -0.379 e. The zero-order valence-corrected chi connectivity index (χ0v) is 48.2. The van der Waals surface area contributed by atoms with Crippen LogP contribution in [0.15, 0.2) is 41.9 Å². The number of nitrogens with one attached hydrogen (secondary N) is 3. The van der Waals surface area contributed by atoms with Crippen LogP contribution in [0.1, 0.15) is 109 Å². The van der Waals surface area contributed by atoms with Crippen molar-refractivity contribution in [2.75, 3.05) is 114 Å². The number of likely N-dealkylation sites (N-methyl/N-ethyl adjacent to an activating group) is 1. The highest BCUT2D eigenvalue weighted by atomic mass is 32.1. The number of hydrogen-bond acceptors (Lipinski definition) is 16. The van der Waals surface area contributed by atoms with Gasteiger partial charge in [-0.1, -0.05) is 84.2 Å². The Morgan fingerprint density at radius 3 is 1.91 bits per heavy atom. The van der Waals surface area contributed by atoms with Gasteiger partial charge in [-0.2, -0.15) is 0 Å². The van der Waals surface area contributed by atoms with Gasteiger partial charge in [0.1, 0.15) is 16.6 Å². The van der Waals surface area contributed by atoms with Crippen LogP contribution in [0.25, 0.3) is 0 Å². The smallest absolute Gasteiger partial charge is 0.246 e. The number of methoxy groups -OCH3 is 2. The van der Waals surface area contributed by atoms with E-state index in [1.807, 2.05) is 75.2 Å². The number of ether oxygens (including phenoxy) is 8. The zero-order valence-electron chi connectivity index (χ0n) is 47.3. The van der Waals surface area contributed by atoms with Crippen LogP contribution in [0.2, 0.25) is 0 Å². The quantitative estimate of drug-likeness (QED) is 0.0673. The molecule has 20 nitrogen and oxygen atoms in total. The van der Waals surface area contributed by atoms with Gasteiger partial charge in [0.25, 0.3) is 0 Å². The summed E-state index contributed by atoms with van der Waals surface area (Å²) in [5, 5.41) is 12.0. The van der Waals surface area contributed by atoms with Crippen molar-refractivity contribution < 1.29 is 61.9 Å².